The number of piperazine rings is 1. The van der Waals surface area contributed by atoms with Gasteiger partial charge in [-0.05, 0) is 34.4 Å². The number of nitrogens with one attached hydrogen (secondary N) is 1. The summed E-state index contributed by atoms with van der Waals surface area (Å²) in [5, 5.41) is 4.67. The quantitative estimate of drug-likeness (QED) is 0.918. The zero-order valence-corrected chi connectivity index (χ0v) is 13.5. The summed E-state index contributed by atoms with van der Waals surface area (Å²) in [5.74, 6) is 0. The van der Waals surface area contributed by atoms with Crippen molar-refractivity contribution in [2.45, 2.75) is 39.8 Å². The summed E-state index contributed by atoms with van der Waals surface area (Å²) in [6.45, 7) is 13.1. The first kappa shape index (κ1) is 14.8. The molecule has 0 aliphatic carbocycles. The molecule has 0 amide bonds. The molecule has 19 heavy (non-hydrogen) atoms. The van der Waals surface area contributed by atoms with E-state index < -0.39 is 0 Å². The number of aryl methyl sites for hydroxylation is 1. The van der Waals surface area contributed by atoms with Crippen LogP contribution in [0.1, 0.15) is 37.4 Å². The van der Waals surface area contributed by atoms with Crippen molar-refractivity contribution in [2.24, 2.45) is 0 Å². The van der Waals surface area contributed by atoms with Crippen LogP contribution in [0, 0.1) is 6.92 Å². The van der Waals surface area contributed by atoms with Crippen molar-refractivity contribution in [2.75, 3.05) is 38.1 Å². The number of rotatable bonds is 4. The van der Waals surface area contributed by atoms with Crippen LogP contribution < -0.4 is 10.2 Å². The number of nitrogens with zero attached hydrogens (tertiary/aromatic N) is 3. The van der Waals surface area contributed by atoms with Gasteiger partial charge in [-0.25, -0.2) is 4.98 Å². The molecule has 0 bridgehead atoms. The van der Waals surface area contributed by atoms with Gasteiger partial charge in [-0.2, -0.15) is 0 Å². The molecule has 1 aliphatic heterocycles. The average molecular weight is 282 g/mol. The van der Waals surface area contributed by atoms with Crippen LogP contribution in [0.25, 0.3) is 0 Å². The van der Waals surface area contributed by atoms with Crippen LogP contribution in [0.5, 0.6) is 0 Å². The molecule has 1 N–H and O–H groups in total. The van der Waals surface area contributed by atoms with Crippen LogP contribution >= 0.6 is 11.3 Å². The number of anilines is 1. The molecule has 4 nitrogen and oxygen atoms in total. The molecule has 1 aromatic heterocycles. The van der Waals surface area contributed by atoms with Crippen LogP contribution in [0.15, 0.2) is 0 Å². The highest BCUT2D eigenvalue weighted by molar-refractivity contribution is 7.15. The Hall–Kier alpha value is -0.650. The van der Waals surface area contributed by atoms with Gasteiger partial charge in [0.15, 0.2) is 5.13 Å². The third kappa shape index (κ3) is 3.27. The van der Waals surface area contributed by atoms with Crippen molar-refractivity contribution in [1.29, 1.82) is 0 Å². The molecule has 1 aromatic rings. The zero-order valence-electron chi connectivity index (χ0n) is 12.7. The predicted molar refractivity (Wildman–Crippen MR) is 83.2 cm³/mol. The van der Waals surface area contributed by atoms with Crippen LogP contribution in [0.4, 0.5) is 5.13 Å². The summed E-state index contributed by atoms with van der Waals surface area (Å²) < 4.78 is 0. The Morgan fingerprint density at radius 1 is 1.47 bits per heavy atom. The first-order valence-electron chi connectivity index (χ1n) is 7.18. The van der Waals surface area contributed by atoms with Crippen LogP contribution in [-0.2, 0) is 0 Å². The van der Waals surface area contributed by atoms with E-state index in [2.05, 4.69) is 49.9 Å². The number of hydrogen-bond donors (Lipinski definition) is 1. The minimum atomic E-state index is 0.402. The van der Waals surface area contributed by atoms with Gasteiger partial charge in [-0.1, -0.05) is 6.92 Å². The van der Waals surface area contributed by atoms with Crippen molar-refractivity contribution in [3.8, 4) is 0 Å². The second-order valence-electron chi connectivity index (χ2n) is 5.53. The van der Waals surface area contributed by atoms with Crippen molar-refractivity contribution in [1.82, 2.24) is 15.2 Å². The average Bonchev–Trinajstić information content (AvgIpc) is 2.71. The fraction of sp³-hybridized carbons (Fsp3) is 0.786. The van der Waals surface area contributed by atoms with Gasteiger partial charge in [0.25, 0.3) is 0 Å². The molecule has 2 heterocycles. The monoisotopic (exact) mass is 282 g/mol. The summed E-state index contributed by atoms with van der Waals surface area (Å²) in [7, 11) is 2.19. The fourth-order valence-electron chi connectivity index (χ4n) is 2.74. The SMILES string of the molecule is CCNC(C)c1sc(N2CCN(C)CC2C)nc1C. The van der Waals surface area contributed by atoms with E-state index in [-0.39, 0.29) is 0 Å². The number of aromatic nitrogens is 1. The maximum Gasteiger partial charge on any atom is 0.186 e. The minimum absolute atomic E-state index is 0.402. The smallest absolute Gasteiger partial charge is 0.186 e. The van der Waals surface area contributed by atoms with Gasteiger partial charge in [-0.3, -0.25) is 0 Å². The third-order valence-electron chi connectivity index (χ3n) is 3.80. The lowest BCUT2D eigenvalue weighted by molar-refractivity contribution is 0.275. The summed E-state index contributed by atoms with van der Waals surface area (Å²) in [6, 6.07) is 0.950. The molecule has 1 saturated heterocycles. The minimum Gasteiger partial charge on any atom is -0.343 e. The lowest BCUT2D eigenvalue weighted by Crippen LogP contribution is -2.50. The molecule has 1 fully saturated rings. The van der Waals surface area contributed by atoms with E-state index in [4.69, 9.17) is 4.98 Å². The summed E-state index contributed by atoms with van der Waals surface area (Å²) in [5.41, 5.74) is 1.18. The fourth-order valence-corrected chi connectivity index (χ4v) is 3.96. The topological polar surface area (TPSA) is 31.4 Å². The maximum absolute atomic E-state index is 4.80. The highest BCUT2D eigenvalue weighted by atomic mass is 32.1. The largest absolute Gasteiger partial charge is 0.343 e. The Kier molecular flexibility index (Phi) is 4.81. The van der Waals surface area contributed by atoms with E-state index in [0.717, 1.165) is 26.2 Å². The van der Waals surface area contributed by atoms with E-state index in [9.17, 15) is 0 Å². The normalized spacial score (nSPS) is 22.8. The third-order valence-corrected chi connectivity index (χ3v) is 5.18. The molecule has 0 aromatic carbocycles. The molecule has 0 spiro atoms. The van der Waals surface area contributed by atoms with Crippen molar-refractivity contribution < 1.29 is 0 Å². The van der Waals surface area contributed by atoms with E-state index in [1.807, 2.05) is 11.3 Å². The molecule has 0 radical (unpaired) electrons. The standard InChI is InChI=1S/C14H26N4S/c1-6-15-11(3)13-12(4)16-14(19-13)18-8-7-17(5)9-10(18)2/h10-11,15H,6-9H2,1-5H3. The molecular weight excluding hydrogens is 256 g/mol. The van der Waals surface area contributed by atoms with Crippen molar-refractivity contribution in [3.63, 3.8) is 0 Å². The molecule has 2 atom stereocenters. The molecule has 0 saturated carbocycles. The molecule has 5 heteroatoms. The number of likely N-dealkylation sites (N-methyl/N-ethyl adjacent to an activating group) is 1. The Morgan fingerprint density at radius 2 is 2.21 bits per heavy atom. The van der Waals surface area contributed by atoms with Crippen molar-refractivity contribution in [3.05, 3.63) is 10.6 Å². The number of hydrogen-bond acceptors (Lipinski definition) is 5. The molecule has 2 rings (SSSR count). The first-order chi connectivity index (χ1) is 9.02. The van der Waals surface area contributed by atoms with E-state index in [1.54, 1.807) is 0 Å². The van der Waals surface area contributed by atoms with Gasteiger partial charge in [0.05, 0.1) is 5.69 Å². The van der Waals surface area contributed by atoms with E-state index >= 15 is 0 Å². The van der Waals surface area contributed by atoms with Gasteiger partial charge in [0.1, 0.15) is 0 Å². The molecular formula is C14H26N4S. The second-order valence-corrected chi connectivity index (χ2v) is 6.54. The highest BCUT2D eigenvalue weighted by Gasteiger charge is 2.25. The lowest BCUT2D eigenvalue weighted by atomic mass is 10.2. The molecule has 1 aliphatic rings. The maximum atomic E-state index is 4.80. The lowest BCUT2D eigenvalue weighted by Gasteiger charge is -2.38. The van der Waals surface area contributed by atoms with Gasteiger partial charge in [0.2, 0.25) is 0 Å². The predicted octanol–water partition coefficient (Wildman–Crippen LogP) is 2.26. The second kappa shape index (κ2) is 6.20. The van der Waals surface area contributed by atoms with Crippen LogP contribution in [-0.4, -0.2) is 49.2 Å². The Morgan fingerprint density at radius 3 is 2.84 bits per heavy atom. The first-order valence-corrected chi connectivity index (χ1v) is 8.00. The molecule has 108 valence electrons. The van der Waals surface area contributed by atoms with Gasteiger partial charge in [-0.15, -0.1) is 11.3 Å². The Labute approximate surface area is 120 Å². The van der Waals surface area contributed by atoms with E-state index in [1.165, 1.54) is 15.7 Å². The van der Waals surface area contributed by atoms with Gasteiger partial charge < -0.3 is 15.1 Å². The number of thiazole rings is 1. The van der Waals surface area contributed by atoms with Gasteiger partial charge >= 0.3 is 0 Å². The van der Waals surface area contributed by atoms with Crippen molar-refractivity contribution >= 4 is 16.5 Å². The Balaban J connectivity index is 2.15. The van der Waals surface area contributed by atoms with Crippen LogP contribution in [0.2, 0.25) is 0 Å². The van der Waals surface area contributed by atoms with Gasteiger partial charge in [0, 0.05) is 36.6 Å². The molecule has 2 unspecified atom stereocenters. The summed E-state index contributed by atoms with van der Waals surface area (Å²) >= 11 is 1.85. The summed E-state index contributed by atoms with van der Waals surface area (Å²) in [4.78, 5) is 11.0. The Bertz CT molecular complexity index is 418. The summed E-state index contributed by atoms with van der Waals surface area (Å²) in [6.07, 6.45) is 0. The highest BCUT2D eigenvalue weighted by Crippen LogP contribution is 2.32. The van der Waals surface area contributed by atoms with E-state index in [0.29, 0.717) is 12.1 Å². The van der Waals surface area contributed by atoms with Crippen LogP contribution in [0.3, 0.4) is 0 Å². The zero-order chi connectivity index (χ0) is 14.0.